The number of hydrogen-bond acceptors (Lipinski definition) is 4. The molecule has 116 valence electrons. The number of benzene rings is 1. The minimum Gasteiger partial charge on any atom is -0.478 e. The number of rotatable bonds is 7. The molecule has 1 aromatic heterocycles. The van der Waals surface area contributed by atoms with Crippen LogP contribution in [0.3, 0.4) is 0 Å². The summed E-state index contributed by atoms with van der Waals surface area (Å²) in [5.41, 5.74) is 0.635. The Bertz CT molecular complexity index is 639. The van der Waals surface area contributed by atoms with Gasteiger partial charge < -0.3 is 14.8 Å². The van der Waals surface area contributed by atoms with Gasteiger partial charge in [-0.3, -0.25) is 4.79 Å². The summed E-state index contributed by atoms with van der Waals surface area (Å²) in [6.45, 7) is 1.94. The second kappa shape index (κ2) is 7.70. The molecule has 0 aliphatic heterocycles. The average molecular weight is 319 g/mol. The summed E-state index contributed by atoms with van der Waals surface area (Å²) in [6.07, 6.45) is 2.28. The lowest BCUT2D eigenvalue weighted by Crippen LogP contribution is -2.24. The topological polar surface area (TPSA) is 79.5 Å². The largest absolute Gasteiger partial charge is 0.478 e. The van der Waals surface area contributed by atoms with E-state index in [2.05, 4.69) is 5.32 Å². The highest BCUT2D eigenvalue weighted by Gasteiger charge is 2.18. The third kappa shape index (κ3) is 4.39. The summed E-state index contributed by atoms with van der Waals surface area (Å²) in [4.78, 5) is 23.2. The van der Waals surface area contributed by atoms with Gasteiger partial charge in [0.1, 0.15) is 5.76 Å². The standard InChI is InChI=1S/C16H17NO4S/c1-2-14(22-10-13-7-4-8-21-13)15(18)17-12-6-3-5-11(9-12)16(19)20/h3-9,14H,2,10H2,1H3,(H,17,18)(H,19,20). The van der Waals surface area contributed by atoms with Gasteiger partial charge in [-0.15, -0.1) is 11.8 Å². The maximum atomic E-state index is 12.3. The van der Waals surface area contributed by atoms with E-state index >= 15 is 0 Å². The monoisotopic (exact) mass is 319 g/mol. The molecule has 0 aliphatic rings. The Balaban J connectivity index is 1.96. The molecular weight excluding hydrogens is 302 g/mol. The Hall–Kier alpha value is -2.21. The Morgan fingerprint density at radius 3 is 2.77 bits per heavy atom. The van der Waals surface area contributed by atoms with Gasteiger partial charge in [-0.25, -0.2) is 4.79 Å². The second-order valence-electron chi connectivity index (χ2n) is 4.66. The zero-order valence-electron chi connectivity index (χ0n) is 12.1. The summed E-state index contributed by atoms with van der Waals surface area (Å²) in [5.74, 6) is 0.287. The quantitative estimate of drug-likeness (QED) is 0.814. The van der Waals surface area contributed by atoms with E-state index in [1.807, 2.05) is 19.1 Å². The second-order valence-corrected chi connectivity index (χ2v) is 5.85. The van der Waals surface area contributed by atoms with E-state index in [0.717, 1.165) is 5.76 Å². The highest BCUT2D eigenvalue weighted by atomic mass is 32.2. The molecule has 6 heteroatoms. The van der Waals surface area contributed by atoms with Gasteiger partial charge in [0.15, 0.2) is 0 Å². The van der Waals surface area contributed by atoms with Gasteiger partial charge in [-0.1, -0.05) is 13.0 Å². The zero-order chi connectivity index (χ0) is 15.9. The van der Waals surface area contributed by atoms with Gasteiger partial charge in [-0.2, -0.15) is 0 Å². The first-order valence-electron chi connectivity index (χ1n) is 6.88. The molecule has 0 radical (unpaired) electrons. The van der Waals surface area contributed by atoms with Crippen LogP contribution < -0.4 is 5.32 Å². The summed E-state index contributed by atoms with van der Waals surface area (Å²) in [5, 5.41) is 11.5. The van der Waals surface area contributed by atoms with Crippen LogP contribution in [0.2, 0.25) is 0 Å². The van der Waals surface area contributed by atoms with Crippen LogP contribution in [-0.4, -0.2) is 22.2 Å². The number of furan rings is 1. The SMILES string of the molecule is CCC(SCc1ccco1)C(=O)Nc1cccc(C(=O)O)c1. The predicted molar refractivity (Wildman–Crippen MR) is 86.1 cm³/mol. The number of amides is 1. The maximum absolute atomic E-state index is 12.3. The van der Waals surface area contributed by atoms with Crippen LogP contribution in [0.4, 0.5) is 5.69 Å². The lowest BCUT2D eigenvalue weighted by molar-refractivity contribution is -0.115. The molecular formula is C16H17NO4S. The smallest absolute Gasteiger partial charge is 0.335 e. The Morgan fingerprint density at radius 1 is 1.32 bits per heavy atom. The number of anilines is 1. The minimum absolute atomic E-state index is 0.137. The Kier molecular flexibility index (Phi) is 5.66. The lowest BCUT2D eigenvalue weighted by Gasteiger charge is -2.14. The molecule has 22 heavy (non-hydrogen) atoms. The molecule has 1 heterocycles. The molecule has 1 atom stereocenters. The number of hydrogen-bond donors (Lipinski definition) is 2. The number of carbonyl (C=O) groups excluding carboxylic acids is 1. The number of carboxylic acids is 1. The van der Waals surface area contributed by atoms with Crippen LogP contribution in [0.1, 0.15) is 29.5 Å². The van der Waals surface area contributed by atoms with Crippen molar-refractivity contribution in [1.82, 2.24) is 0 Å². The number of carbonyl (C=O) groups is 2. The van der Waals surface area contributed by atoms with Gasteiger partial charge in [0.2, 0.25) is 5.91 Å². The highest BCUT2D eigenvalue weighted by Crippen LogP contribution is 2.22. The minimum atomic E-state index is -1.02. The first-order chi connectivity index (χ1) is 10.6. The zero-order valence-corrected chi connectivity index (χ0v) is 12.9. The van der Waals surface area contributed by atoms with E-state index in [0.29, 0.717) is 17.9 Å². The van der Waals surface area contributed by atoms with E-state index in [-0.39, 0.29) is 16.7 Å². The number of thioether (sulfide) groups is 1. The average Bonchev–Trinajstić information content (AvgIpc) is 3.01. The van der Waals surface area contributed by atoms with Crippen LogP contribution in [-0.2, 0) is 10.5 Å². The van der Waals surface area contributed by atoms with Crippen LogP contribution in [0.25, 0.3) is 0 Å². The van der Waals surface area contributed by atoms with Gasteiger partial charge in [0, 0.05) is 5.69 Å². The molecule has 2 rings (SSSR count). The van der Waals surface area contributed by atoms with Crippen molar-refractivity contribution in [3.05, 3.63) is 54.0 Å². The first-order valence-corrected chi connectivity index (χ1v) is 7.93. The molecule has 1 aromatic carbocycles. The predicted octanol–water partition coefficient (Wildman–Crippen LogP) is 3.63. The van der Waals surface area contributed by atoms with Crippen LogP contribution in [0, 0.1) is 0 Å². The van der Waals surface area contributed by atoms with Crippen molar-refractivity contribution in [3.8, 4) is 0 Å². The molecule has 0 fully saturated rings. The van der Waals surface area contributed by atoms with Crippen molar-refractivity contribution in [2.75, 3.05) is 5.32 Å². The van der Waals surface area contributed by atoms with Crippen molar-refractivity contribution >= 4 is 29.3 Å². The first kappa shape index (κ1) is 16.2. The van der Waals surface area contributed by atoms with Gasteiger partial charge in [-0.05, 0) is 36.8 Å². The summed E-state index contributed by atoms with van der Waals surface area (Å²) < 4.78 is 5.25. The van der Waals surface area contributed by atoms with E-state index in [9.17, 15) is 9.59 Å². The summed E-state index contributed by atoms with van der Waals surface area (Å²) >= 11 is 1.50. The Labute approximate surface area is 132 Å². The molecule has 1 amide bonds. The van der Waals surface area contributed by atoms with E-state index < -0.39 is 5.97 Å². The normalized spacial score (nSPS) is 11.9. The highest BCUT2D eigenvalue weighted by molar-refractivity contribution is 7.99. The van der Waals surface area contributed by atoms with Crippen molar-refractivity contribution in [3.63, 3.8) is 0 Å². The molecule has 2 aromatic rings. The Morgan fingerprint density at radius 2 is 2.14 bits per heavy atom. The van der Waals surface area contributed by atoms with Gasteiger partial charge in [0.25, 0.3) is 0 Å². The van der Waals surface area contributed by atoms with E-state index in [1.54, 1.807) is 18.4 Å². The molecule has 5 nitrogen and oxygen atoms in total. The molecule has 0 bridgehead atoms. The van der Waals surface area contributed by atoms with Crippen LogP contribution >= 0.6 is 11.8 Å². The van der Waals surface area contributed by atoms with E-state index in [1.165, 1.54) is 23.9 Å². The van der Waals surface area contributed by atoms with Crippen LogP contribution in [0.15, 0.2) is 47.1 Å². The fourth-order valence-corrected chi connectivity index (χ4v) is 2.88. The van der Waals surface area contributed by atoms with Crippen molar-refractivity contribution in [2.24, 2.45) is 0 Å². The lowest BCUT2D eigenvalue weighted by atomic mass is 10.2. The van der Waals surface area contributed by atoms with Crippen molar-refractivity contribution in [1.29, 1.82) is 0 Å². The third-order valence-corrected chi connectivity index (χ3v) is 4.45. The van der Waals surface area contributed by atoms with Crippen LogP contribution in [0.5, 0.6) is 0 Å². The van der Waals surface area contributed by atoms with Gasteiger partial charge in [0.05, 0.1) is 22.8 Å². The molecule has 0 saturated heterocycles. The fraction of sp³-hybridized carbons (Fsp3) is 0.250. The fourth-order valence-electron chi connectivity index (χ4n) is 1.91. The summed E-state index contributed by atoms with van der Waals surface area (Å²) in [7, 11) is 0. The molecule has 1 unspecified atom stereocenters. The number of carboxylic acid groups (broad SMARTS) is 1. The van der Waals surface area contributed by atoms with Gasteiger partial charge >= 0.3 is 5.97 Å². The maximum Gasteiger partial charge on any atom is 0.335 e. The van der Waals surface area contributed by atoms with E-state index in [4.69, 9.17) is 9.52 Å². The van der Waals surface area contributed by atoms with Crippen molar-refractivity contribution < 1.29 is 19.1 Å². The number of aromatic carboxylic acids is 1. The molecule has 0 saturated carbocycles. The number of nitrogens with one attached hydrogen (secondary N) is 1. The molecule has 0 spiro atoms. The molecule has 0 aliphatic carbocycles. The summed E-state index contributed by atoms with van der Waals surface area (Å²) in [6, 6.07) is 9.90. The third-order valence-electron chi connectivity index (χ3n) is 3.05. The van der Waals surface area contributed by atoms with Crippen molar-refractivity contribution in [2.45, 2.75) is 24.3 Å². The molecule has 2 N–H and O–H groups in total.